The molecule has 4 nitrogen and oxygen atoms in total. The lowest BCUT2D eigenvalue weighted by Crippen LogP contribution is -2.21. The Kier molecular flexibility index (Phi) is 4.27. The van der Waals surface area contributed by atoms with E-state index in [1.54, 1.807) is 4.90 Å². The van der Waals surface area contributed by atoms with Gasteiger partial charge in [-0.3, -0.25) is 4.79 Å². The highest BCUT2D eigenvalue weighted by Crippen LogP contribution is 2.31. The van der Waals surface area contributed by atoms with Crippen molar-refractivity contribution < 1.29 is 9.53 Å². The van der Waals surface area contributed by atoms with E-state index in [0.717, 1.165) is 42.7 Å². The molecule has 2 atom stereocenters. The number of carbonyl (C=O) groups is 1. The minimum absolute atomic E-state index is 0.0295. The molecular formula is C17H24N2O2. The van der Waals surface area contributed by atoms with Gasteiger partial charge in [0.15, 0.2) is 0 Å². The maximum atomic E-state index is 11.7. The van der Waals surface area contributed by atoms with E-state index in [-0.39, 0.29) is 11.9 Å². The van der Waals surface area contributed by atoms with Crippen LogP contribution in [-0.2, 0) is 16.0 Å². The van der Waals surface area contributed by atoms with Crippen LogP contribution in [0, 0.1) is 0 Å². The Labute approximate surface area is 126 Å². The second kappa shape index (κ2) is 6.16. The third-order valence-electron chi connectivity index (χ3n) is 4.68. The normalized spacial score (nSPS) is 23.2. The lowest BCUT2D eigenvalue weighted by molar-refractivity contribution is -0.117. The van der Waals surface area contributed by atoms with Gasteiger partial charge in [-0.1, -0.05) is 12.1 Å². The summed E-state index contributed by atoms with van der Waals surface area (Å²) < 4.78 is 5.76. The van der Waals surface area contributed by atoms with Crippen molar-refractivity contribution in [3.05, 3.63) is 29.3 Å². The number of hydrogen-bond donors (Lipinski definition) is 1. The Morgan fingerprint density at radius 2 is 2.29 bits per heavy atom. The molecule has 21 heavy (non-hydrogen) atoms. The number of rotatable bonds is 4. The van der Waals surface area contributed by atoms with Crippen LogP contribution >= 0.6 is 0 Å². The Bertz CT molecular complexity index is 524. The minimum Gasteiger partial charge on any atom is -0.378 e. The predicted molar refractivity (Wildman–Crippen MR) is 83.3 cm³/mol. The average Bonchev–Trinajstić information content (AvgIpc) is 2.80. The van der Waals surface area contributed by atoms with E-state index in [1.807, 2.05) is 13.1 Å². The summed E-state index contributed by atoms with van der Waals surface area (Å²) in [6, 6.07) is 6.21. The number of carbonyl (C=O) groups excluding carboxylic acids is 1. The summed E-state index contributed by atoms with van der Waals surface area (Å²) in [6.07, 6.45) is 6.47. The molecule has 1 saturated heterocycles. The quantitative estimate of drug-likeness (QED) is 0.926. The molecule has 114 valence electrons. The van der Waals surface area contributed by atoms with Gasteiger partial charge in [-0.25, -0.2) is 0 Å². The zero-order chi connectivity index (χ0) is 14.8. The maximum absolute atomic E-state index is 11.7. The van der Waals surface area contributed by atoms with Crippen LogP contribution in [0.4, 0.5) is 5.69 Å². The average molecular weight is 288 g/mol. The van der Waals surface area contributed by atoms with Crippen molar-refractivity contribution in [2.75, 3.05) is 18.6 Å². The third-order valence-corrected chi connectivity index (χ3v) is 4.68. The van der Waals surface area contributed by atoms with Crippen molar-refractivity contribution in [1.82, 2.24) is 0 Å². The number of fused-ring (bicyclic) bond motifs is 1. The number of nitrogens with two attached hydrogens (primary N) is 1. The van der Waals surface area contributed by atoms with Crippen molar-refractivity contribution in [2.45, 2.75) is 50.7 Å². The summed E-state index contributed by atoms with van der Waals surface area (Å²) in [5.41, 5.74) is 9.57. The fraction of sp³-hybridized carbons (Fsp3) is 0.588. The molecule has 3 rings (SSSR count). The molecule has 0 aliphatic carbocycles. The molecule has 2 unspecified atom stereocenters. The summed E-state index contributed by atoms with van der Waals surface area (Å²) in [7, 11) is 1.83. The van der Waals surface area contributed by atoms with Crippen LogP contribution in [0.1, 0.15) is 49.3 Å². The highest BCUT2D eigenvalue weighted by atomic mass is 16.5. The van der Waals surface area contributed by atoms with Crippen LogP contribution in [0.15, 0.2) is 18.2 Å². The molecule has 2 aliphatic rings. The van der Waals surface area contributed by atoms with Crippen LogP contribution in [0.25, 0.3) is 0 Å². The van der Waals surface area contributed by atoms with Crippen molar-refractivity contribution in [3.8, 4) is 0 Å². The summed E-state index contributed by atoms with van der Waals surface area (Å²) >= 11 is 0. The SMILES string of the molecule is CN1C(=O)Cc2cc(C(N)CCC3CCCCO3)ccc21. The van der Waals surface area contributed by atoms with Crippen LogP contribution in [0.2, 0.25) is 0 Å². The van der Waals surface area contributed by atoms with Crippen molar-refractivity contribution in [3.63, 3.8) is 0 Å². The van der Waals surface area contributed by atoms with Gasteiger partial charge in [0, 0.05) is 25.4 Å². The van der Waals surface area contributed by atoms with Gasteiger partial charge in [0.25, 0.3) is 0 Å². The van der Waals surface area contributed by atoms with E-state index in [2.05, 4.69) is 12.1 Å². The molecule has 4 heteroatoms. The van der Waals surface area contributed by atoms with E-state index in [4.69, 9.17) is 10.5 Å². The minimum atomic E-state index is 0.0295. The predicted octanol–water partition coefficient (Wildman–Crippen LogP) is 2.55. The van der Waals surface area contributed by atoms with E-state index in [0.29, 0.717) is 12.5 Å². The van der Waals surface area contributed by atoms with E-state index >= 15 is 0 Å². The molecule has 1 amide bonds. The molecule has 0 radical (unpaired) electrons. The van der Waals surface area contributed by atoms with Gasteiger partial charge in [-0.05, 0) is 49.3 Å². The largest absolute Gasteiger partial charge is 0.378 e. The first-order valence-electron chi connectivity index (χ1n) is 7.91. The van der Waals surface area contributed by atoms with Crippen LogP contribution in [0.3, 0.4) is 0 Å². The number of likely N-dealkylation sites (N-methyl/N-ethyl adjacent to an activating group) is 1. The van der Waals surface area contributed by atoms with Crippen molar-refractivity contribution in [1.29, 1.82) is 0 Å². The van der Waals surface area contributed by atoms with Crippen LogP contribution in [0.5, 0.6) is 0 Å². The number of amides is 1. The molecule has 0 bridgehead atoms. The molecule has 2 aliphatic heterocycles. The van der Waals surface area contributed by atoms with Gasteiger partial charge in [0.1, 0.15) is 0 Å². The lowest BCUT2D eigenvalue weighted by atomic mass is 9.96. The standard InChI is InChI=1S/C17H24N2O2/c1-19-16-8-5-12(10-13(16)11-17(19)20)15(18)7-6-14-4-2-3-9-21-14/h5,8,10,14-15H,2-4,6-7,9,11,18H2,1H3. The zero-order valence-corrected chi connectivity index (χ0v) is 12.7. The first-order chi connectivity index (χ1) is 10.1. The number of anilines is 1. The Morgan fingerprint density at radius 3 is 3.05 bits per heavy atom. The smallest absolute Gasteiger partial charge is 0.231 e. The second-order valence-electron chi connectivity index (χ2n) is 6.19. The summed E-state index contributed by atoms with van der Waals surface area (Å²) in [5, 5.41) is 0. The van der Waals surface area contributed by atoms with E-state index in [1.165, 1.54) is 12.8 Å². The molecule has 2 N–H and O–H groups in total. The lowest BCUT2D eigenvalue weighted by Gasteiger charge is -2.24. The van der Waals surface area contributed by atoms with Gasteiger partial charge in [-0.2, -0.15) is 0 Å². The van der Waals surface area contributed by atoms with Crippen molar-refractivity contribution >= 4 is 11.6 Å². The van der Waals surface area contributed by atoms with Crippen molar-refractivity contribution in [2.24, 2.45) is 5.73 Å². The van der Waals surface area contributed by atoms with Gasteiger partial charge < -0.3 is 15.4 Å². The Balaban J connectivity index is 1.61. The number of ether oxygens (including phenoxy) is 1. The van der Waals surface area contributed by atoms with Gasteiger partial charge in [0.05, 0.1) is 12.5 Å². The molecule has 1 aromatic rings. The number of nitrogens with zero attached hydrogens (tertiary/aromatic N) is 1. The maximum Gasteiger partial charge on any atom is 0.231 e. The van der Waals surface area contributed by atoms with Gasteiger partial charge >= 0.3 is 0 Å². The molecule has 1 aromatic carbocycles. The molecular weight excluding hydrogens is 264 g/mol. The summed E-state index contributed by atoms with van der Waals surface area (Å²) in [6.45, 7) is 0.896. The molecule has 2 heterocycles. The fourth-order valence-electron chi connectivity index (χ4n) is 3.29. The first kappa shape index (κ1) is 14.5. The molecule has 1 fully saturated rings. The summed E-state index contributed by atoms with van der Waals surface area (Å²) in [4.78, 5) is 13.4. The van der Waals surface area contributed by atoms with Crippen LogP contribution in [-0.4, -0.2) is 25.7 Å². The summed E-state index contributed by atoms with van der Waals surface area (Å²) in [5.74, 6) is 0.159. The first-order valence-corrected chi connectivity index (χ1v) is 7.91. The fourth-order valence-corrected chi connectivity index (χ4v) is 3.29. The number of benzene rings is 1. The second-order valence-corrected chi connectivity index (χ2v) is 6.19. The van der Waals surface area contributed by atoms with Crippen LogP contribution < -0.4 is 10.6 Å². The van der Waals surface area contributed by atoms with Gasteiger partial charge in [0.2, 0.25) is 5.91 Å². The molecule has 0 aromatic heterocycles. The molecule has 0 saturated carbocycles. The monoisotopic (exact) mass is 288 g/mol. The van der Waals surface area contributed by atoms with Gasteiger partial charge in [-0.15, -0.1) is 0 Å². The Hall–Kier alpha value is -1.39. The highest BCUT2D eigenvalue weighted by molar-refractivity contribution is 6.00. The Morgan fingerprint density at radius 1 is 1.43 bits per heavy atom. The zero-order valence-electron chi connectivity index (χ0n) is 12.7. The highest BCUT2D eigenvalue weighted by Gasteiger charge is 2.24. The third kappa shape index (κ3) is 3.11. The topological polar surface area (TPSA) is 55.6 Å². The van der Waals surface area contributed by atoms with E-state index in [9.17, 15) is 4.79 Å². The molecule has 0 spiro atoms. The number of hydrogen-bond acceptors (Lipinski definition) is 3. The van der Waals surface area contributed by atoms with E-state index < -0.39 is 0 Å².